The number of carbonyl (C=O) groups excluding carboxylic acids is 1. The van der Waals surface area contributed by atoms with Crippen LogP contribution in [-0.4, -0.2) is 45.2 Å². The maximum absolute atomic E-state index is 12.9. The van der Waals surface area contributed by atoms with Crippen LogP contribution in [0.15, 0.2) is 59.8 Å². The number of aliphatic hydroxyl groups is 1. The van der Waals surface area contributed by atoms with Crippen molar-refractivity contribution in [2.24, 2.45) is 0 Å². The first-order valence-corrected chi connectivity index (χ1v) is 10.6. The summed E-state index contributed by atoms with van der Waals surface area (Å²) in [6.07, 6.45) is 1.19. The molecule has 0 saturated carbocycles. The lowest BCUT2D eigenvalue weighted by Crippen LogP contribution is -2.49. The molecule has 2 aromatic carbocycles. The van der Waals surface area contributed by atoms with Crippen molar-refractivity contribution in [3.8, 4) is 17.2 Å². The van der Waals surface area contributed by atoms with E-state index in [4.69, 9.17) is 18.9 Å². The summed E-state index contributed by atoms with van der Waals surface area (Å²) in [5, 5.41) is 17.2. The second kappa shape index (κ2) is 10.8. The Kier molecular flexibility index (Phi) is 7.84. The average molecular weight is 455 g/mol. The van der Waals surface area contributed by atoms with Crippen LogP contribution in [0.3, 0.4) is 0 Å². The minimum atomic E-state index is -0.566. The predicted molar refractivity (Wildman–Crippen MR) is 125 cm³/mol. The highest BCUT2D eigenvalue weighted by Crippen LogP contribution is 2.41. The summed E-state index contributed by atoms with van der Waals surface area (Å²) in [5.41, 5.74) is 2.46. The van der Waals surface area contributed by atoms with Crippen molar-refractivity contribution in [1.29, 1.82) is 0 Å². The molecule has 0 aliphatic carbocycles. The normalized spacial score (nSPS) is 18.4. The van der Waals surface area contributed by atoms with E-state index in [0.717, 1.165) is 0 Å². The van der Waals surface area contributed by atoms with Gasteiger partial charge >= 0.3 is 5.97 Å². The number of nitrogens with one attached hydrogen (secondary N) is 2. The van der Waals surface area contributed by atoms with Crippen LogP contribution in [0.5, 0.6) is 17.2 Å². The Balaban J connectivity index is 2.08. The van der Waals surface area contributed by atoms with Crippen LogP contribution in [0.1, 0.15) is 31.0 Å². The van der Waals surface area contributed by atoms with Gasteiger partial charge in [-0.05, 0) is 37.6 Å². The van der Waals surface area contributed by atoms with E-state index in [9.17, 15) is 9.90 Å². The van der Waals surface area contributed by atoms with E-state index < -0.39 is 18.2 Å². The molecule has 0 aromatic heterocycles. The zero-order valence-corrected chi connectivity index (χ0v) is 19.5. The molecule has 3 rings (SSSR count). The number of hydrogen-bond donors (Lipinski definition) is 3. The van der Waals surface area contributed by atoms with Crippen LogP contribution < -0.4 is 24.8 Å². The van der Waals surface area contributed by atoms with Gasteiger partial charge in [-0.1, -0.05) is 30.3 Å². The van der Waals surface area contributed by atoms with Crippen LogP contribution in [0.25, 0.3) is 5.76 Å². The third-order valence-corrected chi connectivity index (χ3v) is 5.32. The van der Waals surface area contributed by atoms with Crippen molar-refractivity contribution in [3.63, 3.8) is 0 Å². The lowest BCUT2D eigenvalue weighted by Gasteiger charge is -2.34. The number of benzene rings is 2. The molecule has 0 amide bonds. The average Bonchev–Trinajstić information content (AvgIpc) is 2.83. The molecule has 1 aliphatic heterocycles. The number of rotatable bonds is 8. The summed E-state index contributed by atoms with van der Waals surface area (Å²) in [4.78, 5) is 12.9. The summed E-state index contributed by atoms with van der Waals surface area (Å²) < 4.78 is 21.7. The molecule has 0 fully saturated rings. The lowest BCUT2D eigenvalue weighted by atomic mass is 9.93. The lowest BCUT2D eigenvalue weighted by molar-refractivity contribution is -0.139. The molecule has 1 heterocycles. The Morgan fingerprint density at radius 2 is 1.70 bits per heavy atom. The summed E-state index contributed by atoms with van der Waals surface area (Å²) in [6.45, 7) is 3.81. The molecule has 2 unspecified atom stereocenters. The first-order valence-electron chi connectivity index (χ1n) is 10.6. The van der Waals surface area contributed by atoms with Gasteiger partial charge in [-0.2, -0.15) is 0 Å². The summed E-state index contributed by atoms with van der Waals surface area (Å²) in [7, 11) is 4.60. The highest BCUT2D eigenvalue weighted by Gasteiger charge is 2.33. The van der Waals surface area contributed by atoms with E-state index in [1.54, 1.807) is 32.1 Å². The standard InChI is InChI=1S/C25H30N2O6/c1-6-33-25(29)22-15(2)26-21(14-18(28)16-10-8-7-9-11-16)27-23(22)17-12-19(30-3)24(32-5)20(13-17)31-4/h7-14,21,23,26-28H,6H2,1-5H3/b18-14-. The van der Waals surface area contributed by atoms with E-state index in [0.29, 0.717) is 39.6 Å². The van der Waals surface area contributed by atoms with Crippen molar-refractivity contribution in [2.75, 3.05) is 27.9 Å². The second-order valence-electron chi connectivity index (χ2n) is 7.36. The number of aliphatic hydroxyl groups excluding tert-OH is 1. The number of allylic oxidation sites excluding steroid dienone is 1. The molecule has 1 aliphatic rings. The van der Waals surface area contributed by atoms with E-state index in [1.807, 2.05) is 30.3 Å². The molecule has 33 heavy (non-hydrogen) atoms. The first-order chi connectivity index (χ1) is 15.9. The van der Waals surface area contributed by atoms with Gasteiger partial charge in [0.2, 0.25) is 5.75 Å². The highest BCUT2D eigenvalue weighted by molar-refractivity contribution is 5.91. The fourth-order valence-electron chi connectivity index (χ4n) is 3.80. The fourth-order valence-corrected chi connectivity index (χ4v) is 3.80. The number of esters is 1. The predicted octanol–water partition coefficient (Wildman–Crippen LogP) is 3.71. The number of methoxy groups -OCH3 is 3. The van der Waals surface area contributed by atoms with Crippen LogP contribution >= 0.6 is 0 Å². The van der Waals surface area contributed by atoms with Gasteiger partial charge in [0.1, 0.15) is 11.9 Å². The van der Waals surface area contributed by atoms with Gasteiger partial charge in [-0.15, -0.1) is 0 Å². The van der Waals surface area contributed by atoms with Gasteiger partial charge in [-0.25, -0.2) is 4.79 Å². The van der Waals surface area contributed by atoms with E-state index >= 15 is 0 Å². The van der Waals surface area contributed by atoms with Crippen LogP contribution in [0.2, 0.25) is 0 Å². The minimum Gasteiger partial charge on any atom is -0.508 e. The third kappa shape index (κ3) is 5.23. The second-order valence-corrected chi connectivity index (χ2v) is 7.36. The Hall–Kier alpha value is -3.65. The monoisotopic (exact) mass is 454 g/mol. The maximum atomic E-state index is 12.9. The topological polar surface area (TPSA) is 98.3 Å². The zero-order chi connectivity index (χ0) is 24.0. The van der Waals surface area contributed by atoms with Gasteiger partial charge in [0.25, 0.3) is 0 Å². The molecule has 2 atom stereocenters. The number of ether oxygens (including phenoxy) is 4. The van der Waals surface area contributed by atoms with Crippen molar-refractivity contribution in [2.45, 2.75) is 26.1 Å². The molecule has 0 radical (unpaired) electrons. The van der Waals surface area contributed by atoms with Crippen molar-refractivity contribution >= 4 is 11.7 Å². The Morgan fingerprint density at radius 1 is 1.06 bits per heavy atom. The molecular formula is C25H30N2O6. The molecule has 3 N–H and O–H groups in total. The van der Waals surface area contributed by atoms with Crippen LogP contribution in [-0.2, 0) is 9.53 Å². The molecule has 8 nitrogen and oxygen atoms in total. The molecule has 176 valence electrons. The van der Waals surface area contributed by atoms with Gasteiger partial charge in [0.15, 0.2) is 11.5 Å². The SMILES string of the molecule is CCOC(=O)C1=C(C)NC(/C=C(\O)c2ccccc2)NC1c1cc(OC)c(OC)c(OC)c1. The number of hydrogen-bond acceptors (Lipinski definition) is 8. The van der Waals surface area contributed by atoms with Gasteiger partial charge in [0.05, 0.1) is 39.6 Å². The van der Waals surface area contributed by atoms with Crippen LogP contribution in [0.4, 0.5) is 0 Å². The van der Waals surface area contributed by atoms with Gasteiger partial charge in [-0.3, -0.25) is 5.32 Å². The minimum absolute atomic E-state index is 0.108. The summed E-state index contributed by atoms with van der Waals surface area (Å²) >= 11 is 0. The van der Waals surface area contributed by atoms with Crippen LogP contribution in [0, 0.1) is 0 Å². The number of carbonyl (C=O) groups is 1. The first kappa shape index (κ1) is 24.0. The van der Waals surface area contributed by atoms with Crippen molar-refractivity contribution in [1.82, 2.24) is 10.6 Å². The van der Waals surface area contributed by atoms with E-state index in [-0.39, 0.29) is 12.4 Å². The van der Waals surface area contributed by atoms with Gasteiger partial charge in [0, 0.05) is 11.3 Å². The molecule has 2 aromatic rings. The quantitative estimate of drug-likeness (QED) is 0.410. The van der Waals surface area contributed by atoms with E-state index in [2.05, 4.69) is 10.6 Å². The van der Waals surface area contributed by atoms with Crippen molar-refractivity contribution < 1.29 is 28.8 Å². The van der Waals surface area contributed by atoms with E-state index in [1.165, 1.54) is 21.3 Å². The smallest absolute Gasteiger partial charge is 0.337 e. The fraction of sp³-hybridized carbons (Fsp3) is 0.320. The maximum Gasteiger partial charge on any atom is 0.337 e. The Bertz CT molecular complexity index is 1020. The molecule has 0 spiro atoms. The summed E-state index contributed by atoms with van der Waals surface area (Å²) in [6, 6.07) is 12.2. The Labute approximate surface area is 193 Å². The Morgan fingerprint density at radius 3 is 2.24 bits per heavy atom. The highest BCUT2D eigenvalue weighted by atomic mass is 16.5. The largest absolute Gasteiger partial charge is 0.508 e. The zero-order valence-electron chi connectivity index (χ0n) is 19.5. The molecule has 0 saturated heterocycles. The third-order valence-electron chi connectivity index (χ3n) is 5.32. The van der Waals surface area contributed by atoms with Gasteiger partial charge < -0.3 is 29.4 Å². The molecular weight excluding hydrogens is 424 g/mol. The van der Waals surface area contributed by atoms with Crippen molar-refractivity contribution in [3.05, 3.63) is 70.9 Å². The molecule has 0 bridgehead atoms. The molecule has 8 heteroatoms. The summed E-state index contributed by atoms with van der Waals surface area (Å²) in [5.74, 6) is 1.05.